The molecule has 112 valence electrons. The number of nitro groups is 1. The van der Waals surface area contributed by atoms with E-state index >= 15 is 0 Å². The molecule has 0 radical (unpaired) electrons. The van der Waals surface area contributed by atoms with Gasteiger partial charge in [0.05, 0.1) is 10.9 Å². The lowest BCUT2D eigenvalue weighted by atomic mass is 9.84. The molecule has 0 aromatic heterocycles. The molecule has 0 saturated heterocycles. The van der Waals surface area contributed by atoms with Gasteiger partial charge in [-0.2, -0.15) is 0 Å². The molecular formula is C15H16NO5-. The lowest BCUT2D eigenvalue weighted by Gasteiger charge is -2.34. The standard InChI is InChI=1S/C15H17NO5/c1-2-15(8-4-3-5-9-15)21-13-10-11(14(17)18)6-7-12(13)16(19)20/h2,6-7,10H,1,3-5,8-9H2,(H,17,18)/p-1. The summed E-state index contributed by atoms with van der Waals surface area (Å²) in [4.78, 5) is 21.4. The van der Waals surface area contributed by atoms with Crippen molar-refractivity contribution in [1.82, 2.24) is 0 Å². The van der Waals surface area contributed by atoms with Crippen LogP contribution in [-0.2, 0) is 0 Å². The van der Waals surface area contributed by atoms with Crippen LogP contribution in [0.4, 0.5) is 5.69 Å². The summed E-state index contributed by atoms with van der Waals surface area (Å²) in [6, 6.07) is 3.41. The van der Waals surface area contributed by atoms with Crippen molar-refractivity contribution in [3.63, 3.8) is 0 Å². The highest BCUT2D eigenvalue weighted by molar-refractivity contribution is 5.87. The van der Waals surface area contributed by atoms with Crippen molar-refractivity contribution in [1.29, 1.82) is 0 Å². The molecule has 1 aliphatic carbocycles. The number of hydrogen-bond acceptors (Lipinski definition) is 5. The van der Waals surface area contributed by atoms with Gasteiger partial charge in [0.2, 0.25) is 0 Å². The summed E-state index contributed by atoms with van der Waals surface area (Å²) in [5.74, 6) is -1.45. The maximum Gasteiger partial charge on any atom is 0.311 e. The fourth-order valence-corrected chi connectivity index (χ4v) is 2.59. The van der Waals surface area contributed by atoms with Crippen molar-refractivity contribution in [3.05, 3.63) is 46.5 Å². The number of aromatic carboxylic acids is 1. The molecule has 0 amide bonds. The summed E-state index contributed by atoms with van der Waals surface area (Å²) >= 11 is 0. The Morgan fingerprint density at radius 3 is 2.52 bits per heavy atom. The Balaban J connectivity index is 2.40. The van der Waals surface area contributed by atoms with Gasteiger partial charge in [-0.15, -0.1) is 0 Å². The number of benzene rings is 1. The number of carbonyl (C=O) groups excluding carboxylic acids is 1. The van der Waals surface area contributed by atoms with Gasteiger partial charge in [-0.3, -0.25) is 10.1 Å². The van der Waals surface area contributed by atoms with E-state index in [4.69, 9.17) is 4.74 Å². The average molecular weight is 290 g/mol. The van der Waals surface area contributed by atoms with Gasteiger partial charge in [-0.05, 0) is 43.9 Å². The summed E-state index contributed by atoms with van der Waals surface area (Å²) in [7, 11) is 0. The Bertz CT molecular complexity index is 575. The van der Waals surface area contributed by atoms with E-state index in [2.05, 4.69) is 6.58 Å². The van der Waals surface area contributed by atoms with E-state index in [0.29, 0.717) is 12.8 Å². The van der Waals surface area contributed by atoms with Crippen LogP contribution in [0, 0.1) is 10.1 Å². The van der Waals surface area contributed by atoms with E-state index in [1.807, 2.05) is 0 Å². The summed E-state index contributed by atoms with van der Waals surface area (Å²) in [5, 5.41) is 22.0. The van der Waals surface area contributed by atoms with Crippen LogP contribution in [0.5, 0.6) is 5.75 Å². The van der Waals surface area contributed by atoms with Gasteiger partial charge in [0.15, 0.2) is 5.75 Å². The van der Waals surface area contributed by atoms with Gasteiger partial charge >= 0.3 is 5.69 Å². The third-order valence-electron chi connectivity index (χ3n) is 3.78. The SMILES string of the molecule is C=CC1(Oc2cc(C(=O)[O-])ccc2[N+](=O)[O-])CCCCC1. The largest absolute Gasteiger partial charge is 0.545 e. The second-order valence-electron chi connectivity index (χ2n) is 5.16. The lowest BCUT2D eigenvalue weighted by Crippen LogP contribution is -2.36. The molecule has 0 aliphatic heterocycles. The summed E-state index contributed by atoms with van der Waals surface area (Å²) in [5.41, 5.74) is -1.08. The van der Waals surface area contributed by atoms with Crippen LogP contribution in [0.3, 0.4) is 0 Å². The fourth-order valence-electron chi connectivity index (χ4n) is 2.59. The van der Waals surface area contributed by atoms with Crippen LogP contribution in [-0.4, -0.2) is 16.5 Å². The van der Waals surface area contributed by atoms with E-state index in [9.17, 15) is 20.0 Å². The first kappa shape index (κ1) is 15.0. The Labute approximate surface area is 122 Å². The monoisotopic (exact) mass is 290 g/mol. The minimum Gasteiger partial charge on any atom is -0.545 e. The Kier molecular flexibility index (Phi) is 4.26. The quantitative estimate of drug-likeness (QED) is 0.471. The minimum atomic E-state index is -1.40. The van der Waals surface area contributed by atoms with Crippen molar-refractivity contribution >= 4 is 11.7 Å². The third kappa shape index (κ3) is 3.21. The molecule has 0 atom stereocenters. The number of rotatable bonds is 5. The number of hydrogen-bond donors (Lipinski definition) is 0. The molecule has 0 heterocycles. The van der Waals surface area contributed by atoms with Crippen LogP contribution in [0.25, 0.3) is 0 Å². The summed E-state index contributed by atoms with van der Waals surface area (Å²) in [6.45, 7) is 3.76. The van der Waals surface area contributed by atoms with Crippen molar-refractivity contribution < 1.29 is 19.6 Å². The number of carboxylic acid groups (broad SMARTS) is 1. The molecule has 21 heavy (non-hydrogen) atoms. The molecule has 0 bridgehead atoms. The highest BCUT2D eigenvalue weighted by atomic mass is 16.6. The van der Waals surface area contributed by atoms with Crippen LogP contribution < -0.4 is 9.84 Å². The van der Waals surface area contributed by atoms with E-state index in [1.54, 1.807) is 6.08 Å². The first-order chi connectivity index (χ1) is 9.97. The van der Waals surface area contributed by atoms with Gasteiger partial charge in [0.1, 0.15) is 5.60 Å². The molecule has 1 saturated carbocycles. The van der Waals surface area contributed by atoms with E-state index in [1.165, 1.54) is 0 Å². The first-order valence-corrected chi connectivity index (χ1v) is 6.80. The van der Waals surface area contributed by atoms with Crippen molar-refractivity contribution in [2.45, 2.75) is 37.7 Å². The molecule has 2 rings (SSSR count). The topological polar surface area (TPSA) is 92.5 Å². The van der Waals surface area contributed by atoms with Gasteiger partial charge in [-0.1, -0.05) is 13.0 Å². The molecule has 1 fully saturated rings. The Morgan fingerprint density at radius 1 is 1.33 bits per heavy atom. The van der Waals surface area contributed by atoms with Gasteiger partial charge < -0.3 is 14.6 Å². The van der Waals surface area contributed by atoms with Crippen LogP contribution in [0.1, 0.15) is 42.5 Å². The molecule has 0 unspecified atom stereocenters. The zero-order valence-corrected chi connectivity index (χ0v) is 11.5. The predicted molar refractivity (Wildman–Crippen MR) is 74.1 cm³/mol. The molecule has 1 aromatic carbocycles. The van der Waals surface area contributed by atoms with Crippen LogP contribution >= 0.6 is 0 Å². The summed E-state index contributed by atoms with van der Waals surface area (Å²) in [6.07, 6.45) is 6.05. The van der Waals surface area contributed by atoms with Gasteiger partial charge in [0.25, 0.3) is 0 Å². The normalized spacial score (nSPS) is 17.0. The smallest absolute Gasteiger partial charge is 0.311 e. The zero-order valence-electron chi connectivity index (χ0n) is 11.5. The molecule has 1 aromatic rings. The van der Waals surface area contributed by atoms with Crippen molar-refractivity contribution in [2.75, 3.05) is 0 Å². The molecule has 6 heteroatoms. The Hall–Kier alpha value is -2.37. The maximum atomic E-state index is 11.1. The fraction of sp³-hybridized carbons (Fsp3) is 0.400. The van der Waals surface area contributed by atoms with Crippen LogP contribution in [0.15, 0.2) is 30.9 Å². The average Bonchev–Trinajstić information content (AvgIpc) is 2.47. The maximum absolute atomic E-state index is 11.1. The van der Waals surface area contributed by atoms with E-state index in [0.717, 1.165) is 37.5 Å². The number of ether oxygens (including phenoxy) is 1. The number of carbonyl (C=O) groups is 1. The molecule has 0 N–H and O–H groups in total. The van der Waals surface area contributed by atoms with Crippen LogP contribution in [0.2, 0.25) is 0 Å². The number of carboxylic acids is 1. The zero-order chi connectivity index (χ0) is 15.5. The number of nitro benzene ring substituents is 1. The second-order valence-corrected chi connectivity index (χ2v) is 5.16. The van der Waals surface area contributed by atoms with Crippen molar-refractivity contribution in [2.24, 2.45) is 0 Å². The molecular weight excluding hydrogens is 274 g/mol. The van der Waals surface area contributed by atoms with Gasteiger partial charge in [-0.25, -0.2) is 0 Å². The molecule has 1 aliphatic rings. The minimum absolute atomic E-state index is 0.0523. The third-order valence-corrected chi connectivity index (χ3v) is 3.78. The van der Waals surface area contributed by atoms with E-state index < -0.39 is 16.5 Å². The lowest BCUT2D eigenvalue weighted by molar-refractivity contribution is -0.386. The first-order valence-electron chi connectivity index (χ1n) is 6.80. The molecule has 6 nitrogen and oxygen atoms in total. The van der Waals surface area contributed by atoms with Crippen molar-refractivity contribution in [3.8, 4) is 5.75 Å². The highest BCUT2D eigenvalue weighted by Crippen LogP contribution is 2.38. The Morgan fingerprint density at radius 2 is 2.00 bits per heavy atom. The second kappa shape index (κ2) is 5.95. The molecule has 0 spiro atoms. The number of nitrogens with zero attached hydrogens (tertiary/aromatic N) is 1. The van der Waals surface area contributed by atoms with Gasteiger partial charge in [0, 0.05) is 11.6 Å². The predicted octanol–water partition coefficient (Wildman–Crippen LogP) is 2.23. The highest BCUT2D eigenvalue weighted by Gasteiger charge is 2.33. The summed E-state index contributed by atoms with van der Waals surface area (Å²) < 4.78 is 5.82. The van der Waals surface area contributed by atoms with E-state index in [-0.39, 0.29) is 17.0 Å².